The van der Waals surface area contributed by atoms with E-state index in [4.69, 9.17) is 16.3 Å². The van der Waals surface area contributed by atoms with Crippen LogP contribution in [0.4, 0.5) is 5.69 Å². The number of anilines is 1. The highest BCUT2D eigenvalue weighted by molar-refractivity contribution is 7.92. The SMILES string of the molecule is CCOc1ccc(N(CC(=O)N(Cc2ccc(Cl)cc2)[C@H](CC)C(=O)N[C@@H](C)CC)S(C)(=O)=O)cc1. The zero-order valence-corrected chi connectivity index (χ0v) is 23.1. The normalized spacial score (nSPS) is 12.9. The summed E-state index contributed by atoms with van der Waals surface area (Å²) in [4.78, 5) is 28.2. The molecule has 0 unspecified atom stereocenters. The number of rotatable bonds is 13. The van der Waals surface area contributed by atoms with Crippen LogP contribution >= 0.6 is 11.6 Å². The first kappa shape index (κ1) is 29.5. The Morgan fingerprint density at radius 2 is 1.61 bits per heavy atom. The van der Waals surface area contributed by atoms with Crippen LogP contribution in [-0.2, 0) is 26.2 Å². The molecule has 0 fully saturated rings. The number of sulfonamides is 1. The highest BCUT2D eigenvalue weighted by Gasteiger charge is 2.32. The molecule has 2 aromatic rings. The number of carbonyl (C=O) groups is 2. The molecular formula is C26H36ClN3O5S. The van der Waals surface area contributed by atoms with Crippen LogP contribution in [0.5, 0.6) is 5.75 Å². The third-order valence-electron chi connectivity index (χ3n) is 5.77. The second-order valence-corrected chi connectivity index (χ2v) is 10.9. The van der Waals surface area contributed by atoms with Crippen LogP contribution < -0.4 is 14.4 Å². The standard InChI is InChI=1S/C26H36ClN3O5S/c1-6-19(4)28-26(32)24(7-2)29(17-20-9-11-21(27)12-10-20)25(31)18-30(36(5,33)34)22-13-15-23(16-14-22)35-8-3/h9-16,19,24H,6-8,17-18H2,1-5H3,(H,28,32)/t19-,24+/m0/s1. The number of amides is 2. The van der Waals surface area contributed by atoms with Gasteiger partial charge >= 0.3 is 0 Å². The summed E-state index contributed by atoms with van der Waals surface area (Å²) >= 11 is 6.02. The van der Waals surface area contributed by atoms with E-state index in [9.17, 15) is 18.0 Å². The van der Waals surface area contributed by atoms with Crippen molar-refractivity contribution in [2.24, 2.45) is 0 Å². The first-order valence-corrected chi connectivity index (χ1v) is 14.3. The van der Waals surface area contributed by atoms with Crippen LogP contribution in [0.1, 0.15) is 46.1 Å². The van der Waals surface area contributed by atoms with Crippen molar-refractivity contribution in [1.29, 1.82) is 0 Å². The van der Waals surface area contributed by atoms with Crippen molar-refractivity contribution in [3.05, 3.63) is 59.1 Å². The Kier molecular flexibility index (Phi) is 11.0. The lowest BCUT2D eigenvalue weighted by molar-refractivity contribution is -0.140. The second-order valence-electron chi connectivity index (χ2n) is 8.59. The molecule has 8 nitrogen and oxygen atoms in total. The van der Waals surface area contributed by atoms with Crippen molar-refractivity contribution >= 4 is 39.1 Å². The number of hydrogen-bond acceptors (Lipinski definition) is 5. The van der Waals surface area contributed by atoms with Gasteiger partial charge in [-0.25, -0.2) is 8.42 Å². The summed E-state index contributed by atoms with van der Waals surface area (Å²) in [6.07, 6.45) is 2.16. The summed E-state index contributed by atoms with van der Waals surface area (Å²) < 4.78 is 31.8. The van der Waals surface area contributed by atoms with E-state index in [1.54, 1.807) is 48.5 Å². The van der Waals surface area contributed by atoms with E-state index in [0.717, 1.165) is 22.5 Å². The number of benzene rings is 2. The molecule has 0 aliphatic rings. The summed E-state index contributed by atoms with van der Waals surface area (Å²) in [5.41, 5.74) is 1.10. The van der Waals surface area contributed by atoms with E-state index >= 15 is 0 Å². The van der Waals surface area contributed by atoms with Crippen molar-refractivity contribution in [2.45, 2.75) is 59.2 Å². The molecule has 0 bridgehead atoms. The Morgan fingerprint density at radius 1 is 1.00 bits per heavy atom. The fraction of sp³-hybridized carbons (Fsp3) is 0.462. The Hall–Kier alpha value is -2.78. The summed E-state index contributed by atoms with van der Waals surface area (Å²) in [6.45, 7) is 7.69. The summed E-state index contributed by atoms with van der Waals surface area (Å²) in [7, 11) is -3.80. The van der Waals surface area contributed by atoms with Crippen LogP contribution in [0, 0.1) is 0 Å². The minimum atomic E-state index is -3.80. The molecule has 36 heavy (non-hydrogen) atoms. The third kappa shape index (κ3) is 8.41. The van der Waals surface area contributed by atoms with Crippen LogP contribution in [0.3, 0.4) is 0 Å². The Morgan fingerprint density at radius 3 is 2.11 bits per heavy atom. The Labute approximate surface area is 219 Å². The molecule has 0 aliphatic carbocycles. The highest BCUT2D eigenvalue weighted by Crippen LogP contribution is 2.23. The van der Waals surface area contributed by atoms with Gasteiger partial charge in [-0.15, -0.1) is 0 Å². The summed E-state index contributed by atoms with van der Waals surface area (Å²) in [6, 6.07) is 12.6. The lowest BCUT2D eigenvalue weighted by Crippen LogP contribution is -2.53. The number of halogens is 1. The largest absolute Gasteiger partial charge is 0.494 e. The predicted molar refractivity (Wildman–Crippen MR) is 144 cm³/mol. The molecule has 0 radical (unpaired) electrons. The maximum atomic E-state index is 13.7. The molecule has 0 aromatic heterocycles. The minimum absolute atomic E-state index is 0.0598. The van der Waals surface area contributed by atoms with Gasteiger partial charge in [-0.1, -0.05) is 37.6 Å². The molecule has 0 spiro atoms. The first-order chi connectivity index (χ1) is 17.0. The van der Waals surface area contributed by atoms with Crippen LogP contribution in [0.15, 0.2) is 48.5 Å². The molecule has 0 heterocycles. The van der Waals surface area contributed by atoms with Gasteiger partial charge < -0.3 is 15.0 Å². The molecule has 198 valence electrons. The second kappa shape index (κ2) is 13.5. The highest BCUT2D eigenvalue weighted by atomic mass is 35.5. The maximum Gasteiger partial charge on any atom is 0.244 e. The van der Waals surface area contributed by atoms with Gasteiger partial charge in [-0.3, -0.25) is 13.9 Å². The number of nitrogens with one attached hydrogen (secondary N) is 1. The van der Waals surface area contributed by atoms with E-state index < -0.39 is 28.5 Å². The van der Waals surface area contributed by atoms with Gasteiger partial charge in [0.2, 0.25) is 21.8 Å². The van der Waals surface area contributed by atoms with Crippen LogP contribution in [-0.4, -0.2) is 56.6 Å². The molecular weight excluding hydrogens is 502 g/mol. The van der Waals surface area contributed by atoms with Gasteiger partial charge in [-0.2, -0.15) is 0 Å². The summed E-state index contributed by atoms with van der Waals surface area (Å²) in [5, 5.41) is 3.50. The molecule has 2 amide bonds. The summed E-state index contributed by atoms with van der Waals surface area (Å²) in [5.74, 6) is -0.172. The molecule has 0 aliphatic heterocycles. The molecule has 2 atom stereocenters. The molecule has 2 rings (SSSR count). The number of carbonyl (C=O) groups excluding carboxylic acids is 2. The zero-order chi connectivity index (χ0) is 26.9. The van der Waals surface area contributed by atoms with E-state index in [1.165, 1.54) is 4.90 Å². The smallest absolute Gasteiger partial charge is 0.244 e. The van der Waals surface area contributed by atoms with Crippen molar-refractivity contribution in [3.63, 3.8) is 0 Å². The van der Waals surface area contributed by atoms with E-state index in [-0.39, 0.29) is 18.5 Å². The van der Waals surface area contributed by atoms with E-state index in [1.807, 2.05) is 27.7 Å². The molecule has 0 saturated heterocycles. The van der Waals surface area contributed by atoms with Gasteiger partial charge in [0.25, 0.3) is 0 Å². The number of hydrogen-bond donors (Lipinski definition) is 1. The number of nitrogens with zero attached hydrogens (tertiary/aromatic N) is 2. The van der Waals surface area contributed by atoms with Gasteiger partial charge in [-0.05, 0) is 68.7 Å². The monoisotopic (exact) mass is 537 g/mol. The Balaban J connectivity index is 2.41. The molecule has 1 N–H and O–H groups in total. The van der Waals surface area contributed by atoms with Gasteiger partial charge in [0.15, 0.2) is 0 Å². The molecule has 2 aromatic carbocycles. The predicted octanol–water partition coefficient (Wildman–Crippen LogP) is 4.23. The first-order valence-electron chi connectivity index (χ1n) is 12.0. The van der Waals surface area contributed by atoms with Gasteiger partial charge in [0.1, 0.15) is 18.3 Å². The van der Waals surface area contributed by atoms with Crippen molar-refractivity contribution in [2.75, 3.05) is 23.7 Å². The van der Waals surface area contributed by atoms with E-state index in [0.29, 0.717) is 29.5 Å². The fourth-order valence-corrected chi connectivity index (χ4v) is 4.61. The van der Waals surface area contributed by atoms with E-state index in [2.05, 4.69) is 5.32 Å². The fourth-order valence-electron chi connectivity index (χ4n) is 3.64. The van der Waals surface area contributed by atoms with Crippen LogP contribution in [0.2, 0.25) is 5.02 Å². The average molecular weight is 538 g/mol. The third-order valence-corrected chi connectivity index (χ3v) is 7.16. The lowest BCUT2D eigenvalue weighted by atomic mass is 10.1. The Bertz CT molecular complexity index is 1110. The van der Waals surface area contributed by atoms with Gasteiger partial charge in [0.05, 0.1) is 18.6 Å². The van der Waals surface area contributed by atoms with Crippen molar-refractivity contribution in [1.82, 2.24) is 10.2 Å². The molecule has 0 saturated carbocycles. The van der Waals surface area contributed by atoms with Crippen molar-refractivity contribution < 1.29 is 22.7 Å². The zero-order valence-electron chi connectivity index (χ0n) is 21.5. The molecule has 10 heteroatoms. The maximum absolute atomic E-state index is 13.7. The lowest BCUT2D eigenvalue weighted by Gasteiger charge is -2.33. The average Bonchev–Trinajstić information content (AvgIpc) is 2.83. The minimum Gasteiger partial charge on any atom is -0.494 e. The van der Waals surface area contributed by atoms with Gasteiger partial charge in [0, 0.05) is 17.6 Å². The van der Waals surface area contributed by atoms with Crippen molar-refractivity contribution in [3.8, 4) is 5.75 Å². The topological polar surface area (TPSA) is 96.0 Å². The quantitative estimate of drug-likeness (QED) is 0.412. The van der Waals surface area contributed by atoms with Crippen LogP contribution in [0.25, 0.3) is 0 Å². The number of ether oxygens (including phenoxy) is 1.